The molecule has 2 rings (SSSR count). The minimum absolute atomic E-state index is 0.00768. The van der Waals surface area contributed by atoms with Crippen molar-refractivity contribution in [3.8, 4) is 0 Å². The molecule has 1 amide bonds. The molecule has 0 aliphatic carbocycles. The summed E-state index contributed by atoms with van der Waals surface area (Å²) in [5.41, 5.74) is 3.12. The van der Waals surface area contributed by atoms with Gasteiger partial charge in [0.15, 0.2) is 0 Å². The van der Waals surface area contributed by atoms with Gasteiger partial charge in [0, 0.05) is 29.9 Å². The van der Waals surface area contributed by atoms with E-state index in [9.17, 15) is 4.79 Å². The van der Waals surface area contributed by atoms with E-state index in [1.165, 1.54) is 11.3 Å². The highest BCUT2D eigenvalue weighted by Gasteiger charge is 2.21. The van der Waals surface area contributed by atoms with E-state index in [2.05, 4.69) is 29.4 Å². The Kier molecular flexibility index (Phi) is 4.33. The number of hydrogen-bond donors (Lipinski definition) is 2. The van der Waals surface area contributed by atoms with Crippen LogP contribution in [-0.4, -0.2) is 43.5 Å². The summed E-state index contributed by atoms with van der Waals surface area (Å²) in [4.78, 5) is 14.4. The lowest BCUT2D eigenvalue weighted by Gasteiger charge is -2.32. The number of likely N-dealkylation sites (N-methyl/N-ethyl adjacent to an activating group) is 1. The van der Waals surface area contributed by atoms with Crippen molar-refractivity contribution >= 4 is 11.6 Å². The van der Waals surface area contributed by atoms with Crippen LogP contribution in [0.25, 0.3) is 0 Å². The number of carbonyl (C=O) groups excluding carboxylic acids is 1. The molecule has 1 aromatic carbocycles. The van der Waals surface area contributed by atoms with Crippen molar-refractivity contribution in [3.05, 3.63) is 29.3 Å². The number of hydrogen-bond acceptors (Lipinski definition) is 3. The van der Waals surface area contributed by atoms with Gasteiger partial charge in [-0.05, 0) is 64.5 Å². The predicted molar refractivity (Wildman–Crippen MR) is 83.4 cm³/mol. The summed E-state index contributed by atoms with van der Waals surface area (Å²) in [6.07, 6.45) is 2.18. The minimum Gasteiger partial charge on any atom is -0.385 e. The average molecular weight is 275 g/mol. The normalized spacial score (nSPS) is 14.7. The molecule has 0 aromatic heterocycles. The third-order valence-corrected chi connectivity index (χ3v) is 4.20. The van der Waals surface area contributed by atoms with Gasteiger partial charge in [-0.2, -0.15) is 0 Å². The molecule has 0 spiro atoms. The number of rotatable bonds is 4. The molecule has 4 nitrogen and oxygen atoms in total. The van der Waals surface area contributed by atoms with Gasteiger partial charge in [0.1, 0.15) is 0 Å². The van der Waals surface area contributed by atoms with Crippen LogP contribution in [-0.2, 0) is 6.42 Å². The van der Waals surface area contributed by atoms with Crippen LogP contribution in [0.4, 0.5) is 5.69 Å². The molecule has 1 aliphatic heterocycles. The number of aryl methyl sites for hydroxylation is 1. The smallest absolute Gasteiger partial charge is 0.251 e. The lowest BCUT2D eigenvalue weighted by atomic mass is 10.00. The fourth-order valence-electron chi connectivity index (χ4n) is 2.17. The third-order valence-electron chi connectivity index (χ3n) is 4.20. The number of amides is 1. The van der Waals surface area contributed by atoms with Crippen LogP contribution in [0.15, 0.2) is 18.2 Å². The number of nitrogens with zero attached hydrogens (tertiary/aromatic N) is 1. The van der Waals surface area contributed by atoms with E-state index in [0.717, 1.165) is 24.9 Å². The SMILES string of the molecule is CN(C)C(C)(C)CNC(=O)c1ccc2c(c1)CCCN2. The van der Waals surface area contributed by atoms with E-state index in [0.29, 0.717) is 6.54 Å². The standard InChI is InChI=1S/C16H25N3O/c1-16(2,19(3)4)11-18-15(20)13-7-8-14-12(10-13)6-5-9-17-14/h7-8,10,17H,5-6,9,11H2,1-4H3,(H,18,20). The highest BCUT2D eigenvalue weighted by atomic mass is 16.1. The molecule has 20 heavy (non-hydrogen) atoms. The molecular weight excluding hydrogens is 250 g/mol. The van der Waals surface area contributed by atoms with Crippen LogP contribution < -0.4 is 10.6 Å². The number of nitrogens with one attached hydrogen (secondary N) is 2. The molecule has 0 saturated carbocycles. The van der Waals surface area contributed by atoms with Crippen molar-refractivity contribution in [3.63, 3.8) is 0 Å². The molecule has 2 N–H and O–H groups in total. The molecule has 0 atom stereocenters. The summed E-state index contributed by atoms with van der Waals surface area (Å²) in [5, 5.41) is 6.39. The van der Waals surface area contributed by atoms with Gasteiger partial charge in [0.2, 0.25) is 0 Å². The van der Waals surface area contributed by atoms with Gasteiger partial charge in [-0.3, -0.25) is 4.79 Å². The minimum atomic E-state index is -0.0502. The van der Waals surface area contributed by atoms with Crippen molar-refractivity contribution in [2.75, 3.05) is 32.5 Å². The van der Waals surface area contributed by atoms with E-state index < -0.39 is 0 Å². The Hall–Kier alpha value is -1.55. The van der Waals surface area contributed by atoms with E-state index >= 15 is 0 Å². The Labute approximate surface area is 121 Å². The summed E-state index contributed by atoms with van der Waals surface area (Å²) in [7, 11) is 4.05. The summed E-state index contributed by atoms with van der Waals surface area (Å²) < 4.78 is 0. The van der Waals surface area contributed by atoms with Crippen molar-refractivity contribution in [2.45, 2.75) is 32.2 Å². The van der Waals surface area contributed by atoms with Gasteiger partial charge in [-0.15, -0.1) is 0 Å². The van der Waals surface area contributed by atoms with E-state index in [-0.39, 0.29) is 11.4 Å². The van der Waals surface area contributed by atoms with Gasteiger partial charge in [-0.1, -0.05) is 0 Å². The second kappa shape index (κ2) is 5.83. The molecule has 1 aromatic rings. The molecule has 0 saturated heterocycles. The lowest BCUT2D eigenvalue weighted by molar-refractivity contribution is 0.0919. The fourth-order valence-corrected chi connectivity index (χ4v) is 2.17. The molecule has 1 heterocycles. The topological polar surface area (TPSA) is 44.4 Å². The monoisotopic (exact) mass is 275 g/mol. The van der Waals surface area contributed by atoms with Crippen LogP contribution in [0.3, 0.4) is 0 Å². The second-order valence-corrected chi connectivity index (χ2v) is 6.29. The molecule has 0 bridgehead atoms. The maximum Gasteiger partial charge on any atom is 0.251 e. The average Bonchev–Trinajstić information content (AvgIpc) is 2.44. The number of anilines is 1. The first-order valence-electron chi connectivity index (χ1n) is 7.22. The largest absolute Gasteiger partial charge is 0.385 e. The second-order valence-electron chi connectivity index (χ2n) is 6.29. The van der Waals surface area contributed by atoms with Gasteiger partial charge < -0.3 is 15.5 Å². The highest BCUT2D eigenvalue weighted by Crippen LogP contribution is 2.22. The van der Waals surface area contributed by atoms with Crippen LogP contribution >= 0.6 is 0 Å². The number of carbonyl (C=O) groups is 1. The van der Waals surface area contributed by atoms with Crippen LogP contribution in [0.2, 0.25) is 0 Å². The Morgan fingerprint density at radius 1 is 1.40 bits per heavy atom. The van der Waals surface area contributed by atoms with Crippen LogP contribution in [0, 0.1) is 0 Å². The van der Waals surface area contributed by atoms with Crippen LogP contribution in [0.5, 0.6) is 0 Å². The molecule has 0 fully saturated rings. The Morgan fingerprint density at radius 3 is 2.85 bits per heavy atom. The highest BCUT2D eigenvalue weighted by molar-refractivity contribution is 5.95. The first-order valence-corrected chi connectivity index (χ1v) is 7.22. The third kappa shape index (κ3) is 3.31. The van der Waals surface area contributed by atoms with E-state index in [1.54, 1.807) is 0 Å². The summed E-state index contributed by atoms with van der Waals surface area (Å²) in [6.45, 7) is 5.89. The molecule has 4 heteroatoms. The molecule has 1 aliphatic rings. The first-order chi connectivity index (χ1) is 9.40. The van der Waals surface area contributed by atoms with Gasteiger partial charge in [0.25, 0.3) is 5.91 Å². The lowest BCUT2D eigenvalue weighted by Crippen LogP contribution is -2.48. The van der Waals surface area contributed by atoms with Crippen molar-refractivity contribution in [2.24, 2.45) is 0 Å². The summed E-state index contributed by atoms with van der Waals surface area (Å²) >= 11 is 0. The van der Waals surface area contributed by atoms with Crippen LogP contribution in [0.1, 0.15) is 36.2 Å². The van der Waals surface area contributed by atoms with Crippen molar-refractivity contribution in [1.29, 1.82) is 0 Å². The summed E-state index contributed by atoms with van der Waals surface area (Å²) in [5.74, 6) is 0.00768. The fraction of sp³-hybridized carbons (Fsp3) is 0.562. The summed E-state index contributed by atoms with van der Waals surface area (Å²) in [6, 6.07) is 5.93. The van der Waals surface area contributed by atoms with Crippen molar-refractivity contribution in [1.82, 2.24) is 10.2 Å². The van der Waals surface area contributed by atoms with Gasteiger partial charge in [0.05, 0.1) is 0 Å². The maximum absolute atomic E-state index is 12.2. The zero-order valence-electron chi connectivity index (χ0n) is 12.9. The Bertz CT molecular complexity index is 494. The van der Waals surface area contributed by atoms with Gasteiger partial charge in [-0.25, -0.2) is 0 Å². The van der Waals surface area contributed by atoms with Gasteiger partial charge >= 0.3 is 0 Å². The van der Waals surface area contributed by atoms with E-state index in [4.69, 9.17) is 0 Å². The Morgan fingerprint density at radius 2 is 2.15 bits per heavy atom. The molecule has 110 valence electrons. The zero-order chi connectivity index (χ0) is 14.8. The first kappa shape index (κ1) is 14.9. The quantitative estimate of drug-likeness (QED) is 0.884. The number of fused-ring (bicyclic) bond motifs is 1. The number of benzene rings is 1. The maximum atomic E-state index is 12.2. The molecular formula is C16H25N3O. The predicted octanol–water partition coefficient (Wildman–Crippen LogP) is 2.11. The zero-order valence-corrected chi connectivity index (χ0v) is 12.9. The molecule has 0 radical (unpaired) electrons. The van der Waals surface area contributed by atoms with E-state index in [1.807, 2.05) is 32.3 Å². The van der Waals surface area contributed by atoms with Crippen molar-refractivity contribution < 1.29 is 4.79 Å². The Balaban J connectivity index is 2.03. The molecule has 0 unspecified atom stereocenters.